The molecule has 0 heterocycles. The molecule has 0 amide bonds. The molecule has 1 aromatic rings. The van der Waals surface area contributed by atoms with Crippen LogP contribution in [0.1, 0.15) is 39.7 Å². The first kappa shape index (κ1) is 15.4. The molecule has 0 atom stereocenters. The summed E-state index contributed by atoms with van der Waals surface area (Å²) in [5.74, 6) is 1.09. The van der Waals surface area contributed by atoms with E-state index in [4.69, 9.17) is 5.73 Å². The van der Waals surface area contributed by atoms with Gasteiger partial charge >= 0.3 is 0 Å². The summed E-state index contributed by atoms with van der Waals surface area (Å²) in [5.41, 5.74) is 8.59. The van der Waals surface area contributed by atoms with E-state index < -0.39 is 0 Å². The summed E-state index contributed by atoms with van der Waals surface area (Å²) in [5, 5.41) is 0. The van der Waals surface area contributed by atoms with Gasteiger partial charge in [-0.15, -0.1) is 11.8 Å². The zero-order valence-electron chi connectivity index (χ0n) is 12.1. The number of nitrogens with zero attached hydrogens (tertiary/aromatic N) is 1. The van der Waals surface area contributed by atoms with Crippen LogP contribution in [0.2, 0.25) is 0 Å². The summed E-state index contributed by atoms with van der Waals surface area (Å²) in [6.07, 6.45) is 1.16. The smallest absolute Gasteiger partial charge is 0.0425 e. The number of hydrogen-bond donors (Lipinski definition) is 1. The highest BCUT2D eigenvalue weighted by molar-refractivity contribution is 7.99. The van der Waals surface area contributed by atoms with Gasteiger partial charge in [0.15, 0.2) is 0 Å². The van der Waals surface area contributed by atoms with Crippen LogP contribution in [0.3, 0.4) is 0 Å². The fourth-order valence-electron chi connectivity index (χ4n) is 2.22. The van der Waals surface area contributed by atoms with Crippen LogP contribution in [0.15, 0.2) is 23.1 Å². The molecule has 102 valence electrons. The van der Waals surface area contributed by atoms with Crippen molar-refractivity contribution >= 4 is 17.4 Å². The molecule has 0 aromatic heterocycles. The van der Waals surface area contributed by atoms with Gasteiger partial charge in [0, 0.05) is 35.3 Å². The van der Waals surface area contributed by atoms with Gasteiger partial charge in [-0.1, -0.05) is 19.9 Å². The lowest BCUT2D eigenvalue weighted by molar-refractivity contribution is 0.666. The summed E-state index contributed by atoms with van der Waals surface area (Å²) in [7, 11) is 0. The number of anilines is 1. The Bertz CT molecular complexity index is 364. The predicted octanol–water partition coefficient (Wildman–Crippen LogP) is 3.88. The van der Waals surface area contributed by atoms with E-state index in [0.29, 0.717) is 12.6 Å². The van der Waals surface area contributed by atoms with Gasteiger partial charge in [0.1, 0.15) is 0 Å². The van der Waals surface area contributed by atoms with E-state index in [0.717, 1.165) is 18.7 Å². The summed E-state index contributed by atoms with van der Waals surface area (Å²) in [6.45, 7) is 10.6. The molecule has 0 fully saturated rings. The van der Waals surface area contributed by atoms with Crippen molar-refractivity contribution < 1.29 is 0 Å². The van der Waals surface area contributed by atoms with Crippen molar-refractivity contribution in [3.63, 3.8) is 0 Å². The molecule has 0 aliphatic rings. The van der Waals surface area contributed by atoms with E-state index in [1.54, 1.807) is 0 Å². The fraction of sp³-hybridized carbons (Fsp3) is 0.600. The van der Waals surface area contributed by atoms with Crippen LogP contribution in [-0.4, -0.2) is 18.3 Å². The Hall–Kier alpha value is -0.670. The number of benzene rings is 1. The topological polar surface area (TPSA) is 29.3 Å². The maximum atomic E-state index is 5.98. The van der Waals surface area contributed by atoms with Gasteiger partial charge < -0.3 is 10.6 Å². The quantitative estimate of drug-likeness (QED) is 0.759. The van der Waals surface area contributed by atoms with Crippen LogP contribution >= 0.6 is 11.8 Å². The zero-order valence-corrected chi connectivity index (χ0v) is 12.9. The molecule has 0 saturated carbocycles. The number of thioether (sulfide) groups is 1. The van der Waals surface area contributed by atoms with E-state index in [2.05, 4.69) is 50.8 Å². The third-order valence-corrected chi connectivity index (χ3v) is 3.99. The third kappa shape index (κ3) is 3.66. The van der Waals surface area contributed by atoms with E-state index in [1.165, 1.54) is 16.1 Å². The number of rotatable bonds is 7. The highest BCUT2D eigenvalue weighted by Gasteiger charge is 2.15. The normalized spacial score (nSPS) is 11.0. The first-order chi connectivity index (χ1) is 8.65. The van der Waals surface area contributed by atoms with Gasteiger partial charge in [-0.05, 0) is 38.2 Å². The van der Waals surface area contributed by atoms with Crippen LogP contribution in [0, 0.1) is 0 Å². The van der Waals surface area contributed by atoms with E-state index in [9.17, 15) is 0 Å². The minimum atomic E-state index is 0.511. The lowest BCUT2D eigenvalue weighted by atomic mass is 10.1. The summed E-state index contributed by atoms with van der Waals surface area (Å²) in [4.78, 5) is 3.79. The van der Waals surface area contributed by atoms with Gasteiger partial charge in [0.05, 0.1) is 0 Å². The molecule has 18 heavy (non-hydrogen) atoms. The van der Waals surface area contributed by atoms with E-state index in [1.807, 2.05) is 11.8 Å². The van der Waals surface area contributed by atoms with Gasteiger partial charge in [0.25, 0.3) is 0 Å². The van der Waals surface area contributed by atoms with Crippen molar-refractivity contribution in [2.24, 2.45) is 5.73 Å². The largest absolute Gasteiger partial charge is 0.369 e. The second kappa shape index (κ2) is 7.70. The molecule has 2 nitrogen and oxygen atoms in total. The summed E-state index contributed by atoms with van der Waals surface area (Å²) in [6, 6.07) is 7.05. The maximum Gasteiger partial charge on any atom is 0.0425 e. The maximum absolute atomic E-state index is 5.98. The molecule has 0 aliphatic heterocycles. The number of hydrogen-bond acceptors (Lipinski definition) is 3. The van der Waals surface area contributed by atoms with Gasteiger partial charge in [-0.25, -0.2) is 0 Å². The van der Waals surface area contributed by atoms with Gasteiger partial charge in [0.2, 0.25) is 0 Å². The molecule has 1 rings (SSSR count). The minimum Gasteiger partial charge on any atom is -0.369 e. The van der Waals surface area contributed by atoms with Crippen molar-refractivity contribution in [3.8, 4) is 0 Å². The average Bonchev–Trinajstić information content (AvgIpc) is 2.35. The highest BCUT2D eigenvalue weighted by atomic mass is 32.2. The highest BCUT2D eigenvalue weighted by Crippen LogP contribution is 2.31. The van der Waals surface area contributed by atoms with Crippen molar-refractivity contribution in [2.45, 2.75) is 51.6 Å². The van der Waals surface area contributed by atoms with Crippen molar-refractivity contribution in [3.05, 3.63) is 23.8 Å². The molecule has 0 radical (unpaired) electrons. The van der Waals surface area contributed by atoms with E-state index in [-0.39, 0.29) is 0 Å². The molecule has 3 heteroatoms. The lowest BCUT2D eigenvalue weighted by Crippen LogP contribution is -2.32. The summed E-state index contributed by atoms with van der Waals surface area (Å²) >= 11 is 1.88. The average molecular weight is 266 g/mol. The van der Waals surface area contributed by atoms with Crippen molar-refractivity contribution in [1.82, 2.24) is 0 Å². The Morgan fingerprint density at radius 3 is 2.50 bits per heavy atom. The SMILES string of the molecule is CCCN(c1cccc(SCC)c1CN)C(C)C. The Labute approximate surface area is 116 Å². The zero-order chi connectivity index (χ0) is 13.5. The molecule has 0 aliphatic carbocycles. The van der Waals surface area contributed by atoms with Crippen LogP contribution in [0.5, 0.6) is 0 Å². The minimum absolute atomic E-state index is 0.511. The molecule has 0 saturated heterocycles. The third-order valence-electron chi connectivity index (χ3n) is 3.01. The van der Waals surface area contributed by atoms with Gasteiger partial charge in [-0.2, -0.15) is 0 Å². The van der Waals surface area contributed by atoms with Crippen molar-refractivity contribution in [2.75, 3.05) is 17.2 Å². The Balaban J connectivity index is 3.15. The molecule has 1 aromatic carbocycles. The Morgan fingerprint density at radius 1 is 1.28 bits per heavy atom. The fourth-order valence-corrected chi connectivity index (χ4v) is 3.06. The molecular weight excluding hydrogens is 240 g/mol. The summed E-state index contributed by atoms with van der Waals surface area (Å²) < 4.78 is 0. The second-order valence-electron chi connectivity index (χ2n) is 4.68. The van der Waals surface area contributed by atoms with Crippen molar-refractivity contribution in [1.29, 1.82) is 0 Å². The predicted molar refractivity (Wildman–Crippen MR) is 83.5 cm³/mol. The Morgan fingerprint density at radius 2 is 2.00 bits per heavy atom. The lowest BCUT2D eigenvalue weighted by Gasteiger charge is -2.31. The Kier molecular flexibility index (Phi) is 6.58. The molecule has 0 unspecified atom stereocenters. The van der Waals surface area contributed by atoms with Crippen LogP contribution < -0.4 is 10.6 Å². The molecular formula is C15H26N2S. The standard InChI is InChI=1S/C15H26N2S/c1-5-10-17(12(3)4)14-8-7-9-15(18-6-2)13(14)11-16/h7-9,12H,5-6,10-11,16H2,1-4H3. The van der Waals surface area contributed by atoms with Crippen LogP contribution in [0.4, 0.5) is 5.69 Å². The molecule has 0 bridgehead atoms. The first-order valence-corrected chi connectivity index (χ1v) is 7.85. The van der Waals surface area contributed by atoms with E-state index >= 15 is 0 Å². The van der Waals surface area contributed by atoms with Crippen LogP contribution in [-0.2, 0) is 6.54 Å². The second-order valence-corrected chi connectivity index (χ2v) is 5.98. The van der Waals surface area contributed by atoms with Gasteiger partial charge in [-0.3, -0.25) is 0 Å². The van der Waals surface area contributed by atoms with Crippen LogP contribution in [0.25, 0.3) is 0 Å². The number of nitrogens with two attached hydrogens (primary N) is 1. The molecule has 2 N–H and O–H groups in total. The monoisotopic (exact) mass is 266 g/mol. The first-order valence-electron chi connectivity index (χ1n) is 6.87. The molecule has 0 spiro atoms.